The Kier molecular flexibility index (Phi) is 4.12. The van der Waals surface area contributed by atoms with Gasteiger partial charge in [0.1, 0.15) is 5.75 Å². The highest BCUT2D eigenvalue weighted by molar-refractivity contribution is 5.80. The van der Waals surface area contributed by atoms with Gasteiger partial charge >= 0.3 is 0 Å². The van der Waals surface area contributed by atoms with Gasteiger partial charge in [0.25, 0.3) is 5.91 Å². The molecule has 4 nitrogen and oxygen atoms in total. The number of hydrogen-bond acceptors (Lipinski definition) is 3. The Morgan fingerprint density at radius 3 is 3.11 bits per heavy atom. The molecule has 2 aromatic rings. The van der Waals surface area contributed by atoms with Crippen LogP contribution in [0, 0.1) is 0 Å². The van der Waals surface area contributed by atoms with Crippen LogP contribution in [0.2, 0.25) is 0 Å². The van der Waals surface area contributed by atoms with Gasteiger partial charge in [-0.3, -0.25) is 9.78 Å². The van der Waals surface area contributed by atoms with Gasteiger partial charge in [-0.15, -0.1) is 0 Å². The minimum absolute atomic E-state index is 0.0474. The minimum atomic E-state index is -0.0943. The van der Waals surface area contributed by atoms with Crippen molar-refractivity contribution in [1.29, 1.82) is 0 Å². The molecule has 1 aromatic carbocycles. The van der Waals surface area contributed by atoms with Gasteiger partial charge in [0.05, 0.1) is 5.52 Å². The van der Waals surface area contributed by atoms with Crippen LogP contribution in [-0.2, 0) is 4.79 Å². The summed E-state index contributed by atoms with van der Waals surface area (Å²) < 4.78 is 5.43. The first-order valence-corrected chi connectivity index (χ1v) is 6.04. The number of carbonyl (C=O) groups is 1. The van der Waals surface area contributed by atoms with Crippen LogP contribution >= 0.6 is 0 Å². The van der Waals surface area contributed by atoms with Crippen LogP contribution in [0.1, 0.15) is 13.3 Å². The largest absolute Gasteiger partial charge is 0.484 e. The second-order valence-electron chi connectivity index (χ2n) is 4.00. The normalized spacial score (nSPS) is 10.3. The van der Waals surface area contributed by atoms with Crippen LogP contribution < -0.4 is 10.1 Å². The molecule has 1 heterocycles. The number of benzene rings is 1. The number of carbonyl (C=O) groups excluding carboxylic acids is 1. The first kappa shape index (κ1) is 12.4. The van der Waals surface area contributed by atoms with E-state index in [0.29, 0.717) is 12.3 Å². The molecule has 0 aliphatic rings. The van der Waals surface area contributed by atoms with E-state index in [1.807, 2.05) is 37.3 Å². The number of hydrogen-bond donors (Lipinski definition) is 1. The van der Waals surface area contributed by atoms with Gasteiger partial charge in [0.2, 0.25) is 0 Å². The summed E-state index contributed by atoms with van der Waals surface area (Å²) in [7, 11) is 0. The topological polar surface area (TPSA) is 51.2 Å². The molecule has 0 atom stereocenters. The van der Waals surface area contributed by atoms with E-state index in [-0.39, 0.29) is 12.5 Å². The Bertz CT molecular complexity index is 540. The summed E-state index contributed by atoms with van der Waals surface area (Å²) in [6.07, 6.45) is 2.68. The van der Waals surface area contributed by atoms with E-state index in [0.717, 1.165) is 17.3 Å². The number of rotatable bonds is 5. The molecular formula is C14H16N2O2. The van der Waals surface area contributed by atoms with Gasteiger partial charge < -0.3 is 10.1 Å². The smallest absolute Gasteiger partial charge is 0.257 e. The third-order valence-corrected chi connectivity index (χ3v) is 2.52. The van der Waals surface area contributed by atoms with Crippen LogP contribution in [0.4, 0.5) is 0 Å². The van der Waals surface area contributed by atoms with E-state index in [4.69, 9.17) is 4.74 Å². The molecule has 0 saturated heterocycles. The van der Waals surface area contributed by atoms with Crippen molar-refractivity contribution < 1.29 is 9.53 Å². The molecule has 0 bridgehead atoms. The van der Waals surface area contributed by atoms with Gasteiger partial charge in [-0.1, -0.05) is 13.0 Å². The number of fused-ring (bicyclic) bond motifs is 1. The molecule has 0 spiro atoms. The molecule has 2 rings (SSSR count). The number of nitrogens with one attached hydrogen (secondary N) is 1. The monoisotopic (exact) mass is 244 g/mol. The maximum Gasteiger partial charge on any atom is 0.257 e. The fourth-order valence-corrected chi connectivity index (χ4v) is 1.61. The average Bonchev–Trinajstić information content (AvgIpc) is 2.42. The van der Waals surface area contributed by atoms with Crippen molar-refractivity contribution in [1.82, 2.24) is 10.3 Å². The van der Waals surface area contributed by atoms with Crippen molar-refractivity contribution in [2.75, 3.05) is 13.2 Å². The first-order chi connectivity index (χ1) is 8.79. The van der Waals surface area contributed by atoms with Crippen LogP contribution in [-0.4, -0.2) is 24.0 Å². The molecule has 0 radical (unpaired) electrons. The Hall–Kier alpha value is -2.10. The van der Waals surface area contributed by atoms with E-state index >= 15 is 0 Å². The van der Waals surface area contributed by atoms with E-state index < -0.39 is 0 Å². The van der Waals surface area contributed by atoms with Crippen LogP contribution in [0.5, 0.6) is 5.75 Å². The van der Waals surface area contributed by atoms with Gasteiger partial charge in [-0.2, -0.15) is 0 Å². The predicted molar refractivity (Wildman–Crippen MR) is 70.5 cm³/mol. The standard InChI is InChI=1S/C14H16N2O2/c1-2-7-16-14(17)10-18-12-5-6-13-11(9-12)4-3-8-15-13/h3-6,8-9H,2,7,10H2,1H3,(H,16,17). The number of ether oxygens (including phenoxy) is 1. The zero-order valence-electron chi connectivity index (χ0n) is 10.3. The van der Waals surface area contributed by atoms with E-state index in [9.17, 15) is 4.79 Å². The van der Waals surface area contributed by atoms with Crippen LogP contribution in [0.15, 0.2) is 36.5 Å². The number of amides is 1. The van der Waals surface area contributed by atoms with Crippen molar-refractivity contribution in [3.8, 4) is 5.75 Å². The highest BCUT2D eigenvalue weighted by Gasteiger charge is 2.02. The van der Waals surface area contributed by atoms with Crippen molar-refractivity contribution in [2.45, 2.75) is 13.3 Å². The lowest BCUT2D eigenvalue weighted by atomic mass is 10.2. The maximum absolute atomic E-state index is 11.4. The SMILES string of the molecule is CCCNC(=O)COc1ccc2ncccc2c1. The Balaban J connectivity index is 1.97. The molecule has 0 unspecified atom stereocenters. The van der Waals surface area contributed by atoms with E-state index in [1.54, 1.807) is 6.20 Å². The lowest BCUT2D eigenvalue weighted by Crippen LogP contribution is -2.29. The maximum atomic E-state index is 11.4. The van der Waals surface area contributed by atoms with Gasteiger partial charge in [-0.25, -0.2) is 0 Å². The van der Waals surface area contributed by atoms with Gasteiger partial charge in [-0.05, 0) is 30.7 Å². The predicted octanol–water partition coefficient (Wildman–Crippen LogP) is 2.14. The van der Waals surface area contributed by atoms with Crippen molar-refractivity contribution >= 4 is 16.8 Å². The first-order valence-electron chi connectivity index (χ1n) is 6.04. The summed E-state index contributed by atoms with van der Waals surface area (Å²) in [5, 5.41) is 3.77. The molecule has 0 aliphatic carbocycles. The third kappa shape index (κ3) is 3.20. The molecule has 0 saturated carbocycles. The highest BCUT2D eigenvalue weighted by atomic mass is 16.5. The third-order valence-electron chi connectivity index (χ3n) is 2.52. The molecule has 1 aromatic heterocycles. The quantitative estimate of drug-likeness (QED) is 0.876. The summed E-state index contributed by atoms with van der Waals surface area (Å²) in [5.74, 6) is 0.588. The van der Waals surface area contributed by atoms with Crippen molar-refractivity contribution in [3.05, 3.63) is 36.5 Å². The molecule has 0 fully saturated rings. The Morgan fingerprint density at radius 1 is 1.39 bits per heavy atom. The molecule has 0 aliphatic heterocycles. The minimum Gasteiger partial charge on any atom is -0.484 e. The second kappa shape index (κ2) is 6.00. The summed E-state index contributed by atoms with van der Waals surface area (Å²) in [4.78, 5) is 15.6. The second-order valence-corrected chi connectivity index (χ2v) is 4.00. The lowest BCUT2D eigenvalue weighted by molar-refractivity contribution is -0.123. The number of pyridine rings is 1. The molecule has 4 heteroatoms. The lowest BCUT2D eigenvalue weighted by Gasteiger charge is -2.07. The Labute approximate surface area is 106 Å². The average molecular weight is 244 g/mol. The fourth-order valence-electron chi connectivity index (χ4n) is 1.61. The van der Waals surface area contributed by atoms with E-state index in [1.165, 1.54) is 0 Å². The number of nitrogens with zero attached hydrogens (tertiary/aromatic N) is 1. The zero-order valence-corrected chi connectivity index (χ0v) is 10.3. The summed E-state index contributed by atoms with van der Waals surface area (Å²) >= 11 is 0. The van der Waals surface area contributed by atoms with Crippen molar-refractivity contribution in [3.63, 3.8) is 0 Å². The van der Waals surface area contributed by atoms with Crippen LogP contribution in [0.3, 0.4) is 0 Å². The summed E-state index contributed by atoms with van der Waals surface area (Å²) in [5.41, 5.74) is 0.917. The van der Waals surface area contributed by atoms with Crippen LogP contribution in [0.25, 0.3) is 10.9 Å². The molecule has 1 amide bonds. The van der Waals surface area contributed by atoms with Gasteiger partial charge in [0.15, 0.2) is 6.61 Å². The van der Waals surface area contributed by atoms with Gasteiger partial charge in [0, 0.05) is 18.1 Å². The molecule has 94 valence electrons. The Morgan fingerprint density at radius 2 is 2.28 bits per heavy atom. The molecule has 1 N–H and O–H groups in total. The molecular weight excluding hydrogens is 228 g/mol. The number of aromatic nitrogens is 1. The van der Waals surface area contributed by atoms with Crippen molar-refractivity contribution in [2.24, 2.45) is 0 Å². The fraction of sp³-hybridized carbons (Fsp3) is 0.286. The summed E-state index contributed by atoms with van der Waals surface area (Å²) in [6, 6.07) is 9.43. The highest BCUT2D eigenvalue weighted by Crippen LogP contribution is 2.18. The van der Waals surface area contributed by atoms with E-state index in [2.05, 4.69) is 10.3 Å². The molecule has 18 heavy (non-hydrogen) atoms. The summed E-state index contributed by atoms with van der Waals surface area (Å²) in [6.45, 7) is 2.74. The zero-order chi connectivity index (χ0) is 12.8.